The van der Waals surface area contributed by atoms with Crippen LogP contribution in [-0.2, 0) is 0 Å². The van der Waals surface area contributed by atoms with Gasteiger partial charge in [-0.3, -0.25) is 0 Å². The third-order valence-corrected chi connectivity index (χ3v) is 2.24. The lowest BCUT2D eigenvalue weighted by Gasteiger charge is -2.16. The summed E-state index contributed by atoms with van der Waals surface area (Å²) in [7, 11) is 0. The van der Waals surface area contributed by atoms with Crippen LogP contribution in [-0.4, -0.2) is 38.8 Å². The second kappa shape index (κ2) is 4.56. The SMILES string of the molecule is FC(F)C(F)(F)CNc1nc(Cl)nc2nc[nH]c12. The molecule has 2 heterocycles. The molecule has 2 aromatic heterocycles. The lowest BCUT2D eigenvalue weighted by molar-refractivity contribution is -0.117. The van der Waals surface area contributed by atoms with Gasteiger partial charge in [-0.05, 0) is 11.6 Å². The van der Waals surface area contributed by atoms with E-state index in [1.807, 2.05) is 0 Å². The fourth-order valence-corrected chi connectivity index (χ4v) is 1.38. The molecule has 0 aliphatic carbocycles. The van der Waals surface area contributed by atoms with E-state index in [1.54, 1.807) is 0 Å². The topological polar surface area (TPSA) is 66.5 Å². The molecule has 0 saturated carbocycles. The van der Waals surface area contributed by atoms with Crippen molar-refractivity contribution in [3.05, 3.63) is 11.6 Å². The van der Waals surface area contributed by atoms with E-state index in [0.29, 0.717) is 0 Å². The van der Waals surface area contributed by atoms with E-state index in [1.165, 1.54) is 6.33 Å². The van der Waals surface area contributed by atoms with Crippen molar-refractivity contribution in [3.8, 4) is 0 Å². The number of nitrogens with one attached hydrogen (secondary N) is 2. The molecule has 0 amide bonds. The summed E-state index contributed by atoms with van der Waals surface area (Å²) < 4.78 is 49.4. The van der Waals surface area contributed by atoms with Crippen LogP contribution in [0.5, 0.6) is 0 Å². The molecule has 2 rings (SSSR count). The highest BCUT2D eigenvalue weighted by Gasteiger charge is 2.40. The molecule has 2 aromatic rings. The summed E-state index contributed by atoms with van der Waals surface area (Å²) in [5.74, 6) is -4.27. The molecule has 0 radical (unpaired) electrons. The number of anilines is 1. The van der Waals surface area contributed by atoms with E-state index >= 15 is 0 Å². The van der Waals surface area contributed by atoms with Gasteiger partial charge in [0.15, 0.2) is 11.5 Å². The maximum atomic E-state index is 12.7. The van der Waals surface area contributed by atoms with E-state index in [0.717, 1.165) is 0 Å². The van der Waals surface area contributed by atoms with Crippen LogP contribution >= 0.6 is 11.6 Å². The molecule has 5 nitrogen and oxygen atoms in total. The van der Waals surface area contributed by atoms with Crippen molar-refractivity contribution in [2.24, 2.45) is 0 Å². The second-order valence-electron chi connectivity index (χ2n) is 3.36. The predicted octanol–water partition coefficient (Wildman–Crippen LogP) is 2.32. The molecular formula is C8H6ClF4N5. The first kappa shape index (κ1) is 12.8. The summed E-state index contributed by atoms with van der Waals surface area (Å²) in [4.78, 5) is 13.7. The number of fused-ring (bicyclic) bond motifs is 1. The highest BCUT2D eigenvalue weighted by atomic mass is 35.5. The number of rotatable bonds is 4. The van der Waals surface area contributed by atoms with Crippen molar-refractivity contribution < 1.29 is 17.6 Å². The number of H-pyrrole nitrogens is 1. The molecule has 0 bridgehead atoms. The summed E-state index contributed by atoms with van der Waals surface area (Å²) in [5, 5.41) is 1.87. The molecule has 0 saturated heterocycles. The van der Waals surface area contributed by atoms with Crippen LogP contribution in [0.15, 0.2) is 6.33 Å². The highest BCUT2D eigenvalue weighted by molar-refractivity contribution is 6.28. The molecule has 2 N–H and O–H groups in total. The monoisotopic (exact) mass is 283 g/mol. The van der Waals surface area contributed by atoms with Crippen LogP contribution in [0.25, 0.3) is 11.2 Å². The van der Waals surface area contributed by atoms with E-state index in [9.17, 15) is 17.6 Å². The Balaban J connectivity index is 2.24. The van der Waals surface area contributed by atoms with Gasteiger partial charge in [-0.15, -0.1) is 0 Å². The van der Waals surface area contributed by atoms with Gasteiger partial charge in [0.05, 0.1) is 12.9 Å². The van der Waals surface area contributed by atoms with E-state index in [2.05, 4.69) is 25.3 Å². The largest absolute Gasteiger partial charge is 0.362 e. The van der Waals surface area contributed by atoms with Gasteiger partial charge < -0.3 is 10.3 Å². The Kier molecular flexibility index (Phi) is 3.24. The van der Waals surface area contributed by atoms with Gasteiger partial charge in [-0.1, -0.05) is 0 Å². The van der Waals surface area contributed by atoms with Crippen LogP contribution in [0.1, 0.15) is 0 Å². The molecule has 0 aliphatic heterocycles. The number of alkyl halides is 4. The highest BCUT2D eigenvalue weighted by Crippen LogP contribution is 2.25. The zero-order valence-electron chi connectivity index (χ0n) is 8.59. The zero-order chi connectivity index (χ0) is 13.3. The minimum atomic E-state index is -4.16. The third kappa shape index (κ3) is 2.45. The first-order chi connectivity index (χ1) is 8.40. The summed E-state index contributed by atoms with van der Waals surface area (Å²) in [5.41, 5.74) is 0.363. The molecule has 0 fully saturated rings. The van der Waals surface area contributed by atoms with Gasteiger partial charge >= 0.3 is 12.3 Å². The second-order valence-corrected chi connectivity index (χ2v) is 3.70. The molecular weight excluding hydrogens is 278 g/mol. The van der Waals surface area contributed by atoms with Crippen molar-refractivity contribution in [2.45, 2.75) is 12.3 Å². The third-order valence-electron chi connectivity index (χ3n) is 2.07. The van der Waals surface area contributed by atoms with Crippen LogP contribution in [0.2, 0.25) is 5.28 Å². The number of hydrogen-bond donors (Lipinski definition) is 2. The summed E-state index contributed by atoms with van der Waals surface area (Å²) in [6.07, 6.45) is -2.51. The number of halogens is 5. The van der Waals surface area contributed by atoms with Crippen molar-refractivity contribution in [1.82, 2.24) is 19.9 Å². The Bertz CT molecular complexity index is 557. The van der Waals surface area contributed by atoms with Crippen molar-refractivity contribution >= 4 is 28.6 Å². The van der Waals surface area contributed by atoms with E-state index in [4.69, 9.17) is 11.6 Å². The maximum absolute atomic E-state index is 12.7. The number of aromatic nitrogens is 4. The fourth-order valence-electron chi connectivity index (χ4n) is 1.21. The van der Waals surface area contributed by atoms with Crippen molar-refractivity contribution in [1.29, 1.82) is 0 Å². The van der Waals surface area contributed by atoms with Crippen molar-refractivity contribution in [3.63, 3.8) is 0 Å². The molecule has 10 heteroatoms. The Morgan fingerprint density at radius 1 is 1.39 bits per heavy atom. The van der Waals surface area contributed by atoms with Crippen LogP contribution in [0, 0.1) is 0 Å². The molecule has 0 spiro atoms. The number of hydrogen-bond acceptors (Lipinski definition) is 4. The normalized spacial score (nSPS) is 12.3. The Labute approximate surface area is 103 Å². The summed E-state index contributed by atoms with van der Waals surface area (Å²) in [6, 6.07) is 0. The first-order valence-corrected chi connectivity index (χ1v) is 5.04. The van der Waals surface area contributed by atoms with E-state index < -0.39 is 18.9 Å². The lowest BCUT2D eigenvalue weighted by Crippen LogP contribution is -2.35. The molecule has 0 aliphatic rings. The fraction of sp³-hybridized carbons (Fsp3) is 0.375. The van der Waals surface area contributed by atoms with E-state index in [-0.39, 0.29) is 22.3 Å². The van der Waals surface area contributed by atoms with Crippen LogP contribution < -0.4 is 5.32 Å². The van der Waals surface area contributed by atoms with Gasteiger partial charge in [-0.25, -0.2) is 13.8 Å². The molecule has 0 aromatic carbocycles. The van der Waals surface area contributed by atoms with Gasteiger partial charge in [0.1, 0.15) is 5.52 Å². The molecule has 0 unspecified atom stereocenters. The number of aromatic amines is 1. The van der Waals surface area contributed by atoms with Crippen LogP contribution in [0.3, 0.4) is 0 Å². The first-order valence-electron chi connectivity index (χ1n) is 4.66. The lowest BCUT2D eigenvalue weighted by atomic mass is 10.3. The Morgan fingerprint density at radius 3 is 2.78 bits per heavy atom. The van der Waals surface area contributed by atoms with Crippen LogP contribution in [0.4, 0.5) is 23.4 Å². The van der Waals surface area contributed by atoms with Gasteiger partial charge in [0, 0.05) is 0 Å². The standard InChI is InChI=1S/C8H6ClF4N5/c9-7-17-4(3-5(18-7)16-2-15-3)14-1-8(12,13)6(10)11/h2,6H,1H2,(H2,14,15,16,17,18). The van der Waals surface area contributed by atoms with Crippen molar-refractivity contribution in [2.75, 3.05) is 11.9 Å². The average Bonchev–Trinajstić information content (AvgIpc) is 2.73. The zero-order valence-corrected chi connectivity index (χ0v) is 9.35. The Morgan fingerprint density at radius 2 is 2.11 bits per heavy atom. The average molecular weight is 284 g/mol. The smallest absolute Gasteiger partial charge is 0.324 e. The molecule has 0 atom stereocenters. The summed E-state index contributed by atoms with van der Waals surface area (Å²) in [6.45, 7) is -1.27. The predicted molar refractivity (Wildman–Crippen MR) is 56.1 cm³/mol. The quantitative estimate of drug-likeness (QED) is 0.667. The van der Waals surface area contributed by atoms with Gasteiger partial charge in [0.25, 0.3) is 0 Å². The minimum Gasteiger partial charge on any atom is -0.362 e. The minimum absolute atomic E-state index is 0.108. The van der Waals surface area contributed by atoms with Gasteiger partial charge in [0.2, 0.25) is 5.28 Å². The maximum Gasteiger partial charge on any atom is 0.324 e. The number of nitrogens with zero attached hydrogens (tertiary/aromatic N) is 3. The molecule has 18 heavy (non-hydrogen) atoms. The Hall–Kier alpha value is -1.64. The van der Waals surface area contributed by atoms with Gasteiger partial charge in [-0.2, -0.15) is 18.7 Å². The molecule has 98 valence electrons. The number of imidazole rings is 1. The summed E-state index contributed by atoms with van der Waals surface area (Å²) >= 11 is 5.54.